The lowest BCUT2D eigenvalue weighted by Crippen LogP contribution is -2.06. The fraction of sp³-hybridized carbons (Fsp3) is 0.192. The van der Waals surface area contributed by atoms with E-state index in [-0.39, 0.29) is 6.04 Å². The third-order valence-corrected chi connectivity index (χ3v) is 4.47. The summed E-state index contributed by atoms with van der Waals surface area (Å²) in [6, 6.07) is 18.4. The summed E-state index contributed by atoms with van der Waals surface area (Å²) in [6.07, 6.45) is 11.3. The number of aryl methyl sites for hydroxylation is 2. The molecule has 0 heterocycles. The molecular formula is C26H32Br2N2. The first kappa shape index (κ1) is 28.0. The minimum absolute atomic E-state index is 0.103. The van der Waals surface area contributed by atoms with E-state index in [0.29, 0.717) is 0 Å². The second-order valence-corrected chi connectivity index (χ2v) is 7.90. The van der Waals surface area contributed by atoms with Gasteiger partial charge in [-0.15, -0.1) is 0 Å². The highest BCUT2D eigenvalue weighted by molar-refractivity contribution is 9.12. The average molecular weight is 532 g/mol. The molecule has 2 N–H and O–H groups in total. The Hall–Kier alpha value is -2.01. The second-order valence-electron chi connectivity index (χ2n) is 6.06. The third kappa shape index (κ3) is 14.0. The van der Waals surface area contributed by atoms with Crippen LogP contribution in [0.1, 0.15) is 36.6 Å². The van der Waals surface area contributed by atoms with Gasteiger partial charge in [0.15, 0.2) is 0 Å². The maximum Gasteiger partial charge on any atom is 0.0484 e. The van der Waals surface area contributed by atoms with E-state index in [1.165, 1.54) is 11.1 Å². The van der Waals surface area contributed by atoms with Crippen LogP contribution in [-0.4, -0.2) is 6.72 Å². The summed E-state index contributed by atoms with van der Waals surface area (Å²) in [6.45, 7) is 11.5. The summed E-state index contributed by atoms with van der Waals surface area (Å²) in [5.41, 5.74) is 9.76. The number of aliphatic imine (C=N–C) groups is 1. The molecule has 0 aliphatic carbocycles. The van der Waals surface area contributed by atoms with Crippen molar-refractivity contribution in [3.05, 3.63) is 117 Å². The van der Waals surface area contributed by atoms with Crippen molar-refractivity contribution in [3.8, 4) is 0 Å². The number of nitrogens with two attached hydrogens (primary N) is 1. The Morgan fingerprint density at radius 3 is 2.10 bits per heavy atom. The molecule has 2 aromatic carbocycles. The first-order valence-corrected chi connectivity index (χ1v) is 11.4. The van der Waals surface area contributed by atoms with Crippen molar-refractivity contribution in [1.29, 1.82) is 0 Å². The van der Waals surface area contributed by atoms with Crippen molar-refractivity contribution in [1.82, 2.24) is 0 Å². The van der Waals surface area contributed by atoms with Crippen LogP contribution < -0.4 is 5.73 Å². The van der Waals surface area contributed by atoms with E-state index in [2.05, 4.69) is 81.7 Å². The zero-order chi connectivity index (χ0) is 22.8. The molecule has 160 valence electrons. The van der Waals surface area contributed by atoms with E-state index in [1.54, 1.807) is 6.20 Å². The fourth-order valence-corrected chi connectivity index (χ4v) is 3.26. The minimum Gasteiger partial charge on any atom is -0.321 e. The summed E-state index contributed by atoms with van der Waals surface area (Å²) in [7, 11) is 0. The molecule has 2 aromatic rings. The molecule has 0 saturated carbocycles. The molecule has 2 nitrogen and oxygen atoms in total. The standard InChI is InChI=1S/C17H18Br2N2.C7H8.C2H6/c1-13-6-5-7-14(10-13)17(20)9-4-3-8-15(18)11-16(19)12-21-2;1-7-5-3-2-4-6-7;1-2/h3-12,17H,2,20H2,1H3;2-6H,1H3;1-2H3/b8-3+,9-4+,15-11+,16-12+;;. The summed E-state index contributed by atoms with van der Waals surface area (Å²) in [5.74, 6) is 0. The predicted octanol–water partition coefficient (Wildman–Crippen LogP) is 8.34. The summed E-state index contributed by atoms with van der Waals surface area (Å²) in [4.78, 5) is 3.67. The van der Waals surface area contributed by atoms with Crippen LogP contribution >= 0.6 is 31.9 Å². The van der Waals surface area contributed by atoms with Gasteiger partial charge in [0.1, 0.15) is 0 Å². The zero-order valence-corrected chi connectivity index (χ0v) is 21.4. The average Bonchev–Trinajstić information content (AvgIpc) is 2.73. The van der Waals surface area contributed by atoms with Gasteiger partial charge in [-0.05, 0) is 54.2 Å². The molecule has 30 heavy (non-hydrogen) atoms. The van der Waals surface area contributed by atoms with E-state index in [4.69, 9.17) is 5.73 Å². The first-order valence-electron chi connectivity index (χ1n) is 9.79. The van der Waals surface area contributed by atoms with Crippen LogP contribution in [0.25, 0.3) is 0 Å². The Labute approximate surface area is 199 Å². The molecule has 0 aromatic heterocycles. The van der Waals surface area contributed by atoms with E-state index in [0.717, 1.165) is 14.5 Å². The van der Waals surface area contributed by atoms with Gasteiger partial charge < -0.3 is 5.73 Å². The van der Waals surface area contributed by atoms with Crippen molar-refractivity contribution >= 4 is 38.6 Å². The third-order valence-electron chi connectivity index (χ3n) is 3.54. The predicted molar refractivity (Wildman–Crippen MR) is 142 cm³/mol. The van der Waals surface area contributed by atoms with Crippen LogP contribution in [0, 0.1) is 13.8 Å². The maximum atomic E-state index is 6.12. The molecule has 0 aliphatic rings. The lowest BCUT2D eigenvalue weighted by atomic mass is 10.0. The van der Waals surface area contributed by atoms with Gasteiger partial charge in [-0.25, -0.2) is 0 Å². The molecular weight excluding hydrogens is 500 g/mol. The van der Waals surface area contributed by atoms with Crippen molar-refractivity contribution in [2.75, 3.05) is 0 Å². The van der Waals surface area contributed by atoms with E-state index >= 15 is 0 Å². The number of halogens is 2. The number of hydrogen-bond acceptors (Lipinski definition) is 2. The van der Waals surface area contributed by atoms with E-state index in [9.17, 15) is 0 Å². The van der Waals surface area contributed by atoms with Gasteiger partial charge in [-0.3, -0.25) is 4.99 Å². The monoisotopic (exact) mass is 530 g/mol. The molecule has 0 fully saturated rings. The topological polar surface area (TPSA) is 38.4 Å². The maximum absolute atomic E-state index is 6.12. The van der Waals surface area contributed by atoms with E-state index in [1.807, 2.05) is 74.6 Å². The van der Waals surface area contributed by atoms with Crippen LogP contribution in [0.2, 0.25) is 0 Å². The number of nitrogens with zero attached hydrogens (tertiary/aromatic N) is 1. The fourth-order valence-electron chi connectivity index (χ4n) is 2.16. The smallest absolute Gasteiger partial charge is 0.0484 e. The van der Waals surface area contributed by atoms with Crippen molar-refractivity contribution in [3.63, 3.8) is 0 Å². The van der Waals surface area contributed by atoms with Crippen LogP contribution in [0.5, 0.6) is 0 Å². The van der Waals surface area contributed by atoms with E-state index < -0.39 is 0 Å². The molecule has 0 aliphatic heterocycles. The van der Waals surface area contributed by atoms with Crippen LogP contribution in [0.4, 0.5) is 0 Å². The zero-order valence-electron chi connectivity index (χ0n) is 18.2. The Morgan fingerprint density at radius 1 is 0.933 bits per heavy atom. The second kappa shape index (κ2) is 17.8. The number of rotatable bonds is 6. The highest BCUT2D eigenvalue weighted by atomic mass is 79.9. The molecule has 0 radical (unpaired) electrons. The Morgan fingerprint density at radius 2 is 1.57 bits per heavy atom. The summed E-state index contributed by atoms with van der Waals surface area (Å²) in [5, 5.41) is 0. The van der Waals surface area contributed by atoms with Crippen molar-refractivity contribution in [2.24, 2.45) is 10.7 Å². The first-order chi connectivity index (χ1) is 14.4. The molecule has 4 heteroatoms. The van der Waals surface area contributed by atoms with Crippen molar-refractivity contribution < 1.29 is 0 Å². The van der Waals surface area contributed by atoms with Gasteiger partial charge in [0.2, 0.25) is 0 Å². The minimum atomic E-state index is -0.103. The highest BCUT2D eigenvalue weighted by Crippen LogP contribution is 2.16. The molecule has 2 rings (SSSR count). The Balaban J connectivity index is 0.000000775. The van der Waals surface area contributed by atoms with Crippen LogP contribution in [-0.2, 0) is 0 Å². The SMILES string of the molecule is C=N\C=C(Br)/C=C(Br)\C=C\C=C\C(N)c1cccc(C)c1.CC.Cc1ccccc1. The van der Waals surface area contributed by atoms with Crippen LogP contribution in [0.3, 0.4) is 0 Å². The van der Waals surface area contributed by atoms with Gasteiger partial charge in [0.05, 0.1) is 0 Å². The molecule has 0 bridgehead atoms. The van der Waals surface area contributed by atoms with Crippen LogP contribution in [0.15, 0.2) is 105 Å². The molecule has 1 atom stereocenters. The molecule has 0 saturated heterocycles. The quantitative estimate of drug-likeness (QED) is 0.295. The van der Waals surface area contributed by atoms with Gasteiger partial charge in [-0.1, -0.05) is 114 Å². The number of benzene rings is 2. The molecule has 1 unspecified atom stereocenters. The molecule has 0 amide bonds. The Kier molecular flexibility index (Phi) is 16.6. The molecule has 0 spiro atoms. The van der Waals surface area contributed by atoms with Gasteiger partial charge >= 0.3 is 0 Å². The van der Waals surface area contributed by atoms with Gasteiger partial charge in [-0.2, -0.15) is 0 Å². The van der Waals surface area contributed by atoms with Gasteiger partial charge in [0.25, 0.3) is 0 Å². The Bertz CT molecular complexity index is 850. The lowest BCUT2D eigenvalue weighted by Gasteiger charge is -2.07. The largest absolute Gasteiger partial charge is 0.321 e. The summed E-state index contributed by atoms with van der Waals surface area (Å²) < 4.78 is 1.76. The normalized spacial score (nSPS) is 12.6. The number of hydrogen-bond donors (Lipinski definition) is 1. The summed E-state index contributed by atoms with van der Waals surface area (Å²) >= 11 is 6.80. The lowest BCUT2D eigenvalue weighted by molar-refractivity contribution is 0.909. The number of allylic oxidation sites excluding steroid dienone is 6. The highest BCUT2D eigenvalue weighted by Gasteiger charge is 2.00. The van der Waals surface area contributed by atoms with Gasteiger partial charge in [0, 0.05) is 21.2 Å². The van der Waals surface area contributed by atoms with Crippen molar-refractivity contribution in [2.45, 2.75) is 33.7 Å².